The first kappa shape index (κ1) is 16.5. The minimum absolute atomic E-state index is 0.0575. The number of anilines is 1. The summed E-state index contributed by atoms with van der Waals surface area (Å²) in [7, 11) is 0. The van der Waals surface area contributed by atoms with Crippen LogP contribution >= 0.6 is 0 Å². The fraction of sp³-hybridized carbons (Fsp3) is 0.529. The van der Waals surface area contributed by atoms with E-state index in [0.29, 0.717) is 24.7 Å². The standard InChI is InChI=1S/C17H24N2O3/c1-11(2)13-4-6-15(7-5-13)18-16(21)17(22)19-9-8-14(10-19)12(3)20/h4-7,11-12,14,20H,8-10H2,1-3H3,(H,18,21). The van der Waals surface area contributed by atoms with Crippen LogP contribution in [0.15, 0.2) is 24.3 Å². The highest BCUT2D eigenvalue weighted by atomic mass is 16.3. The molecule has 2 atom stereocenters. The molecule has 2 N–H and O–H groups in total. The highest BCUT2D eigenvalue weighted by Gasteiger charge is 2.32. The number of likely N-dealkylation sites (tertiary alicyclic amines) is 1. The molecule has 22 heavy (non-hydrogen) atoms. The van der Waals surface area contributed by atoms with Crippen molar-refractivity contribution in [1.82, 2.24) is 4.90 Å². The normalized spacial score (nSPS) is 19.3. The molecule has 0 bridgehead atoms. The summed E-state index contributed by atoms with van der Waals surface area (Å²) in [6, 6.07) is 7.51. The predicted octanol–water partition coefficient (Wildman–Crippen LogP) is 1.98. The Bertz CT molecular complexity index is 537. The first-order valence-electron chi connectivity index (χ1n) is 7.76. The summed E-state index contributed by atoms with van der Waals surface area (Å²) >= 11 is 0. The van der Waals surface area contributed by atoms with E-state index in [1.165, 1.54) is 10.5 Å². The number of aliphatic hydroxyl groups is 1. The summed E-state index contributed by atoms with van der Waals surface area (Å²) in [6.45, 7) is 6.88. The quantitative estimate of drug-likeness (QED) is 0.839. The maximum atomic E-state index is 12.1. The van der Waals surface area contributed by atoms with Gasteiger partial charge in [0.15, 0.2) is 0 Å². The highest BCUT2D eigenvalue weighted by molar-refractivity contribution is 6.39. The molecule has 0 aromatic heterocycles. The van der Waals surface area contributed by atoms with Crippen molar-refractivity contribution in [2.75, 3.05) is 18.4 Å². The largest absolute Gasteiger partial charge is 0.393 e. The number of benzene rings is 1. The Labute approximate surface area is 131 Å². The molecule has 0 radical (unpaired) electrons. The maximum absolute atomic E-state index is 12.1. The average Bonchev–Trinajstić information content (AvgIpc) is 2.97. The zero-order chi connectivity index (χ0) is 16.3. The van der Waals surface area contributed by atoms with Gasteiger partial charge in [-0.25, -0.2) is 0 Å². The minimum Gasteiger partial charge on any atom is -0.393 e. The monoisotopic (exact) mass is 304 g/mol. The maximum Gasteiger partial charge on any atom is 0.313 e. The molecule has 1 aromatic carbocycles. The molecule has 5 nitrogen and oxygen atoms in total. The van der Waals surface area contributed by atoms with Crippen molar-refractivity contribution < 1.29 is 14.7 Å². The lowest BCUT2D eigenvalue weighted by Gasteiger charge is -2.17. The molecule has 1 fully saturated rings. The second kappa shape index (κ2) is 6.92. The summed E-state index contributed by atoms with van der Waals surface area (Å²) < 4.78 is 0. The van der Waals surface area contributed by atoms with Crippen LogP contribution < -0.4 is 5.32 Å². The summed E-state index contributed by atoms with van der Waals surface area (Å²) in [6.07, 6.45) is 0.282. The smallest absolute Gasteiger partial charge is 0.313 e. The summed E-state index contributed by atoms with van der Waals surface area (Å²) in [4.78, 5) is 25.7. The third kappa shape index (κ3) is 3.85. The van der Waals surface area contributed by atoms with E-state index in [1.807, 2.05) is 24.3 Å². The van der Waals surface area contributed by atoms with E-state index in [-0.39, 0.29) is 5.92 Å². The van der Waals surface area contributed by atoms with Gasteiger partial charge >= 0.3 is 11.8 Å². The van der Waals surface area contributed by atoms with Crippen LogP contribution in [0.2, 0.25) is 0 Å². The number of hydrogen-bond acceptors (Lipinski definition) is 3. The SMILES string of the molecule is CC(C)c1ccc(NC(=O)C(=O)N2CCC(C(C)O)C2)cc1. The van der Waals surface area contributed by atoms with Gasteiger partial charge in [-0.05, 0) is 37.0 Å². The molecular formula is C17H24N2O3. The number of amides is 2. The van der Waals surface area contributed by atoms with Crippen molar-refractivity contribution in [2.24, 2.45) is 5.92 Å². The topological polar surface area (TPSA) is 69.6 Å². The Morgan fingerprint density at radius 3 is 2.36 bits per heavy atom. The Hall–Kier alpha value is -1.88. The predicted molar refractivity (Wildman–Crippen MR) is 85.5 cm³/mol. The number of nitrogens with one attached hydrogen (secondary N) is 1. The first-order valence-corrected chi connectivity index (χ1v) is 7.76. The van der Waals surface area contributed by atoms with Crippen LogP contribution in [0.25, 0.3) is 0 Å². The highest BCUT2D eigenvalue weighted by Crippen LogP contribution is 2.20. The number of rotatable bonds is 3. The lowest BCUT2D eigenvalue weighted by atomic mass is 10.0. The Morgan fingerprint density at radius 2 is 1.86 bits per heavy atom. The van der Waals surface area contributed by atoms with Crippen LogP contribution in [0.4, 0.5) is 5.69 Å². The van der Waals surface area contributed by atoms with E-state index in [0.717, 1.165) is 6.42 Å². The van der Waals surface area contributed by atoms with Gasteiger partial charge in [-0.2, -0.15) is 0 Å². The van der Waals surface area contributed by atoms with Crippen LogP contribution in [0.1, 0.15) is 38.7 Å². The molecule has 2 unspecified atom stereocenters. The molecule has 0 spiro atoms. The van der Waals surface area contributed by atoms with Gasteiger partial charge in [0.2, 0.25) is 0 Å². The van der Waals surface area contributed by atoms with E-state index in [9.17, 15) is 14.7 Å². The molecule has 0 aliphatic carbocycles. The molecule has 5 heteroatoms. The summed E-state index contributed by atoms with van der Waals surface area (Å²) in [5.41, 5.74) is 1.80. The third-order valence-corrected chi connectivity index (χ3v) is 4.22. The Balaban J connectivity index is 1.93. The fourth-order valence-corrected chi connectivity index (χ4v) is 2.65. The van der Waals surface area contributed by atoms with E-state index in [1.54, 1.807) is 6.92 Å². The van der Waals surface area contributed by atoms with Crippen LogP contribution in [0.3, 0.4) is 0 Å². The molecule has 1 heterocycles. The van der Waals surface area contributed by atoms with Gasteiger partial charge in [0, 0.05) is 24.7 Å². The summed E-state index contributed by atoms with van der Waals surface area (Å²) in [5, 5.41) is 12.2. The number of carbonyl (C=O) groups excluding carboxylic acids is 2. The molecule has 1 aromatic rings. The van der Waals surface area contributed by atoms with Crippen LogP contribution in [0.5, 0.6) is 0 Å². The Kier molecular flexibility index (Phi) is 5.19. The van der Waals surface area contributed by atoms with Crippen LogP contribution in [-0.2, 0) is 9.59 Å². The molecule has 120 valence electrons. The third-order valence-electron chi connectivity index (χ3n) is 4.22. The average molecular weight is 304 g/mol. The van der Waals surface area contributed by atoms with Gasteiger partial charge in [-0.3, -0.25) is 9.59 Å². The van der Waals surface area contributed by atoms with Gasteiger partial charge in [0.25, 0.3) is 0 Å². The zero-order valence-corrected chi connectivity index (χ0v) is 13.4. The number of nitrogens with zero attached hydrogens (tertiary/aromatic N) is 1. The van der Waals surface area contributed by atoms with Crippen molar-refractivity contribution >= 4 is 17.5 Å². The van der Waals surface area contributed by atoms with Crippen molar-refractivity contribution in [2.45, 2.75) is 39.2 Å². The van der Waals surface area contributed by atoms with Crippen LogP contribution in [0, 0.1) is 5.92 Å². The van der Waals surface area contributed by atoms with E-state index >= 15 is 0 Å². The van der Waals surface area contributed by atoms with Crippen LogP contribution in [-0.4, -0.2) is 41.0 Å². The fourth-order valence-electron chi connectivity index (χ4n) is 2.65. The second-order valence-electron chi connectivity index (χ2n) is 6.27. The molecule has 1 saturated heterocycles. The molecule has 2 rings (SSSR count). The van der Waals surface area contributed by atoms with Crippen molar-refractivity contribution in [3.8, 4) is 0 Å². The number of hydrogen-bond donors (Lipinski definition) is 2. The second-order valence-corrected chi connectivity index (χ2v) is 6.27. The minimum atomic E-state index is -0.622. The van der Waals surface area contributed by atoms with Gasteiger partial charge < -0.3 is 15.3 Å². The number of carbonyl (C=O) groups is 2. The van der Waals surface area contributed by atoms with Gasteiger partial charge in [-0.15, -0.1) is 0 Å². The van der Waals surface area contributed by atoms with E-state index < -0.39 is 17.9 Å². The zero-order valence-electron chi connectivity index (χ0n) is 13.4. The molecule has 0 saturated carbocycles. The molecule has 1 aliphatic rings. The van der Waals surface area contributed by atoms with Crippen molar-refractivity contribution in [3.05, 3.63) is 29.8 Å². The van der Waals surface area contributed by atoms with Crippen molar-refractivity contribution in [1.29, 1.82) is 0 Å². The van der Waals surface area contributed by atoms with Gasteiger partial charge in [0.1, 0.15) is 0 Å². The molecular weight excluding hydrogens is 280 g/mol. The van der Waals surface area contributed by atoms with E-state index in [2.05, 4.69) is 19.2 Å². The molecule has 2 amide bonds. The Morgan fingerprint density at radius 1 is 1.23 bits per heavy atom. The first-order chi connectivity index (χ1) is 10.4. The lowest BCUT2D eigenvalue weighted by Crippen LogP contribution is -2.38. The van der Waals surface area contributed by atoms with Gasteiger partial charge in [0.05, 0.1) is 6.10 Å². The van der Waals surface area contributed by atoms with Gasteiger partial charge in [-0.1, -0.05) is 26.0 Å². The van der Waals surface area contributed by atoms with E-state index in [4.69, 9.17) is 0 Å². The number of aliphatic hydroxyl groups excluding tert-OH is 1. The molecule has 1 aliphatic heterocycles. The van der Waals surface area contributed by atoms with Crippen molar-refractivity contribution in [3.63, 3.8) is 0 Å². The summed E-state index contributed by atoms with van der Waals surface area (Å²) in [5.74, 6) is -0.671. The lowest BCUT2D eigenvalue weighted by molar-refractivity contribution is -0.142.